The number of rotatable bonds is 7. The lowest BCUT2D eigenvalue weighted by molar-refractivity contribution is -0.124. The fourth-order valence-corrected chi connectivity index (χ4v) is 5.28. The highest BCUT2D eigenvalue weighted by Crippen LogP contribution is 2.32. The van der Waals surface area contributed by atoms with Crippen LogP contribution in [0.2, 0.25) is 0 Å². The van der Waals surface area contributed by atoms with Crippen LogP contribution in [0.25, 0.3) is 0 Å². The molecule has 1 aromatic heterocycles. The van der Waals surface area contributed by atoms with Gasteiger partial charge in [-0.25, -0.2) is 4.99 Å². The number of nitrogens with one attached hydrogen (secondary N) is 1. The van der Waals surface area contributed by atoms with Crippen molar-refractivity contribution in [2.45, 2.75) is 25.2 Å². The van der Waals surface area contributed by atoms with E-state index in [2.05, 4.69) is 35.3 Å². The second-order valence-corrected chi connectivity index (χ2v) is 10.3. The normalized spacial score (nSPS) is 20.7. The van der Waals surface area contributed by atoms with Gasteiger partial charge in [-0.15, -0.1) is 5.11 Å². The van der Waals surface area contributed by atoms with Crippen molar-refractivity contribution in [3.05, 3.63) is 84.2 Å². The van der Waals surface area contributed by atoms with Crippen LogP contribution in [-0.4, -0.2) is 79.6 Å². The molecule has 2 aromatic carbocycles. The van der Waals surface area contributed by atoms with Crippen molar-refractivity contribution in [2.24, 2.45) is 15.2 Å². The third-order valence-electron chi connectivity index (χ3n) is 7.55. The molecule has 41 heavy (non-hydrogen) atoms. The van der Waals surface area contributed by atoms with E-state index in [0.717, 1.165) is 43.9 Å². The molecule has 1 saturated heterocycles. The van der Waals surface area contributed by atoms with E-state index in [1.165, 1.54) is 5.69 Å². The van der Waals surface area contributed by atoms with Gasteiger partial charge in [0.05, 0.1) is 5.69 Å². The van der Waals surface area contributed by atoms with Gasteiger partial charge in [0.15, 0.2) is 6.17 Å². The number of carbonyl (C=O) groups excluding carboxylic acids is 2. The van der Waals surface area contributed by atoms with Gasteiger partial charge >= 0.3 is 0 Å². The Morgan fingerprint density at radius 2 is 1.78 bits per heavy atom. The maximum Gasteiger partial charge on any atom is 0.291 e. The monoisotopic (exact) mass is 552 g/mol. The minimum atomic E-state index is -0.879. The lowest BCUT2D eigenvalue weighted by Gasteiger charge is -2.36. The highest BCUT2D eigenvalue weighted by atomic mass is 16.5. The molecule has 0 bridgehead atoms. The number of likely N-dealkylation sites (N-methyl/N-ethyl adjacent to an activating group) is 1. The second-order valence-electron chi connectivity index (χ2n) is 10.3. The summed E-state index contributed by atoms with van der Waals surface area (Å²) in [6.45, 7) is 4.54. The van der Waals surface area contributed by atoms with Crippen LogP contribution < -0.4 is 19.9 Å². The van der Waals surface area contributed by atoms with Gasteiger partial charge in [0.25, 0.3) is 11.8 Å². The molecule has 1 N–H and O–H groups in total. The third kappa shape index (κ3) is 6.09. The molecular formula is C30H32N8O3. The van der Waals surface area contributed by atoms with E-state index in [-0.39, 0.29) is 18.3 Å². The van der Waals surface area contributed by atoms with Gasteiger partial charge in [0.1, 0.15) is 18.4 Å². The van der Waals surface area contributed by atoms with Crippen LogP contribution in [-0.2, 0) is 22.6 Å². The molecule has 0 spiro atoms. The highest BCUT2D eigenvalue weighted by molar-refractivity contribution is 6.38. The largest absolute Gasteiger partial charge is 0.489 e. The van der Waals surface area contributed by atoms with Gasteiger partial charge < -0.3 is 19.9 Å². The van der Waals surface area contributed by atoms with E-state index >= 15 is 0 Å². The molecule has 2 atom stereocenters. The number of carbonyl (C=O) groups is 2. The molecule has 0 aliphatic carbocycles. The number of amidine groups is 1. The molecule has 11 nitrogen and oxygen atoms in total. The van der Waals surface area contributed by atoms with Gasteiger partial charge in [0, 0.05) is 64.3 Å². The average molecular weight is 553 g/mol. The number of azo groups is 1. The zero-order valence-corrected chi connectivity index (χ0v) is 22.9. The van der Waals surface area contributed by atoms with Crippen LogP contribution in [0.1, 0.15) is 11.1 Å². The zero-order chi connectivity index (χ0) is 28.2. The Morgan fingerprint density at radius 3 is 2.56 bits per heavy atom. The lowest BCUT2D eigenvalue weighted by Crippen LogP contribution is -2.50. The summed E-state index contributed by atoms with van der Waals surface area (Å²) in [4.78, 5) is 41.0. The Balaban J connectivity index is 1.06. The summed E-state index contributed by atoms with van der Waals surface area (Å²) in [6, 6.07) is 18.9. The first-order chi connectivity index (χ1) is 20.0. The molecule has 0 saturated carbocycles. The van der Waals surface area contributed by atoms with Crippen molar-refractivity contribution >= 4 is 29.0 Å². The summed E-state index contributed by atoms with van der Waals surface area (Å²) < 4.78 is 5.98. The van der Waals surface area contributed by atoms with Crippen molar-refractivity contribution < 1.29 is 14.3 Å². The van der Waals surface area contributed by atoms with Crippen LogP contribution in [0, 0.1) is 0 Å². The van der Waals surface area contributed by atoms with E-state index in [9.17, 15) is 9.59 Å². The number of fused-ring (bicyclic) bond motifs is 1. The summed E-state index contributed by atoms with van der Waals surface area (Å²) in [6.07, 6.45) is 3.74. The number of hydrogen-bond acceptors (Lipinski definition) is 9. The summed E-state index contributed by atoms with van der Waals surface area (Å²) in [5, 5.41) is 10.8. The summed E-state index contributed by atoms with van der Waals surface area (Å²) in [5.74, 6) is -0.243. The summed E-state index contributed by atoms with van der Waals surface area (Å²) in [7, 11) is 1.70. The SMILES string of the molecule is CN1C(=O)[C@@H](NC(=O)C2=NC(Cc3ccccc3)N=N2)COc2ccc(CN3CCN(c4ccncc4)CC3)cc21. The van der Waals surface area contributed by atoms with Gasteiger partial charge in [0.2, 0.25) is 5.84 Å². The van der Waals surface area contributed by atoms with Gasteiger partial charge in [-0.2, -0.15) is 5.11 Å². The van der Waals surface area contributed by atoms with E-state index < -0.39 is 18.1 Å². The maximum absolute atomic E-state index is 13.4. The predicted molar refractivity (Wildman–Crippen MR) is 155 cm³/mol. The van der Waals surface area contributed by atoms with E-state index in [0.29, 0.717) is 17.9 Å². The Kier molecular flexibility index (Phi) is 7.68. The molecule has 4 heterocycles. The molecule has 1 fully saturated rings. The molecular weight excluding hydrogens is 520 g/mol. The van der Waals surface area contributed by atoms with Crippen LogP contribution in [0.3, 0.4) is 0 Å². The van der Waals surface area contributed by atoms with E-state index in [4.69, 9.17) is 4.74 Å². The van der Waals surface area contributed by atoms with Crippen LogP contribution in [0.4, 0.5) is 11.4 Å². The van der Waals surface area contributed by atoms with Crippen molar-refractivity contribution in [1.29, 1.82) is 0 Å². The molecule has 6 rings (SSSR count). The number of ether oxygens (including phenoxy) is 1. The summed E-state index contributed by atoms with van der Waals surface area (Å²) >= 11 is 0. The molecule has 3 aliphatic heterocycles. The Labute approximate surface area is 238 Å². The van der Waals surface area contributed by atoms with Gasteiger partial charge in [-0.1, -0.05) is 36.4 Å². The number of nitrogens with zero attached hydrogens (tertiary/aromatic N) is 7. The number of aromatic nitrogens is 1. The van der Waals surface area contributed by atoms with Crippen molar-refractivity contribution in [3.63, 3.8) is 0 Å². The number of piperazine rings is 1. The number of pyridine rings is 1. The number of benzene rings is 2. The zero-order valence-electron chi connectivity index (χ0n) is 22.9. The molecule has 3 aliphatic rings. The minimum Gasteiger partial charge on any atom is -0.489 e. The minimum absolute atomic E-state index is 0.0100. The third-order valence-corrected chi connectivity index (χ3v) is 7.55. The van der Waals surface area contributed by atoms with Crippen molar-refractivity contribution in [1.82, 2.24) is 15.2 Å². The number of anilines is 2. The topological polar surface area (TPSA) is 115 Å². The van der Waals surface area contributed by atoms with Gasteiger partial charge in [-0.3, -0.25) is 19.5 Å². The fraction of sp³-hybridized carbons (Fsp3) is 0.333. The molecule has 1 unspecified atom stereocenters. The highest BCUT2D eigenvalue weighted by Gasteiger charge is 2.33. The predicted octanol–water partition coefficient (Wildman–Crippen LogP) is 2.68. The van der Waals surface area contributed by atoms with Crippen LogP contribution in [0.5, 0.6) is 5.75 Å². The summed E-state index contributed by atoms with van der Waals surface area (Å²) in [5.41, 5.74) is 4.02. The maximum atomic E-state index is 13.4. The number of aliphatic imine (C=N–C) groups is 1. The molecule has 0 radical (unpaired) electrons. The molecule has 3 aromatic rings. The quantitative estimate of drug-likeness (QED) is 0.482. The van der Waals surface area contributed by atoms with Crippen molar-refractivity contribution in [2.75, 3.05) is 49.6 Å². The Hall–Kier alpha value is -4.64. The average Bonchev–Trinajstić information content (AvgIpc) is 3.45. The van der Waals surface area contributed by atoms with Crippen LogP contribution >= 0.6 is 0 Å². The first-order valence-electron chi connectivity index (χ1n) is 13.8. The number of amides is 2. The number of hydrogen-bond donors (Lipinski definition) is 1. The van der Waals surface area contributed by atoms with Crippen molar-refractivity contribution in [3.8, 4) is 5.75 Å². The standard InChI is InChI=1S/C30H32N8O3/c1-36-25-17-22(19-37-13-15-38(16-14-37)23-9-11-31-12-10-23)7-8-26(25)41-20-24(30(36)40)32-29(39)28-33-27(34-35-28)18-21-5-3-2-4-6-21/h2-12,17,24,27H,13-16,18-20H2,1H3,(H,32,39)/t24-,27?/m0/s1. The first kappa shape index (κ1) is 26.6. The fourth-order valence-electron chi connectivity index (χ4n) is 5.28. The molecule has 2 amide bonds. The first-order valence-corrected chi connectivity index (χ1v) is 13.8. The Morgan fingerprint density at radius 1 is 1.00 bits per heavy atom. The second kappa shape index (κ2) is 11.8. The smallest absolute Gasteiger partial charge is 0.291 e. The lowest BCUT2D eigenvalue weighted by atomic mass is 10.1. The van der Waals surface area contributed by atoms with Gasteiger partial charge in [-0.05, 0) is 35.4 Å². The Bertz CT molecular complexity index is 1460. The molecule has 210 valence electrons. The molecule has 11 heteroatoms. The van der Waals surface area contributed by atoms with Crippen LogP contribution in [0.15, 0.2) is 88.3 Å². The van der Waals surface area contributed by atoms with E-state index in [1.807, 2.05) is 73.1 Å². The van der Waals surface area contributed by atoms with E-state index in [1.54, 1.807) is 11.9 Å².